The molecule has 3 nitrogen and oxygen atoms in total. The molecule has 94 valence electrons. The Balaban J connectivity index is 2.68. The predicted octanol–water partition coefficient (Wildman–Crippen LogP) is 3.70. The largest absolute Gasteiger partial charge is 0.495 e. The van der Waals surface area contributed by atoms with E-state index in [0.717, 1.165) is 17.4 Å². The number of benzene rings is 2. The molecular weight excluding hydrogens is 262 g/mol. The van der Waals surface area contributed by atoms with E-state index in [1.54, 1.807) is 30.3 Å². The summed E-state index contributed by atoms with van der Waals surface area (Å²) in [4.78, 5) is 11.0. The molecule has 0 radical (unpaired) electrons. The molecule has 0 unspecified atom stereocenters. The number of methoxy groups -OCH3 is 1. The van der Waals surface area contributed by atoms with Gasteiger partial charge in [-0.2, -0.15) is 5.26 Å². The molecule has 0 saturated heterocycles. The standard InChI is InChI=1S/C15H10ClNO2/c1-19-15-11(9-18)3-2-4-14(15)12-5-10(8-17)6-13(16)7-12/h2-7,9H,1H3. The summed E-state index contributed by atoms with van der Waals surface area (Å²) in [5.74, 6) is 0.476. The lowest BCUT2D eigenvalue weighted by Gasteiger charge is -2.11. The quantitative estimate of drug-likeness (QED) is 0.800. The van der Waals surface area contributed by atoms with E-state index < -0.39 is 0 Å². The maximum absolute atomic E-state index is 11.0. The lowest BCUT2D eigenvalue weighted by atomic mass is 10.00. The van der Waals surface area contributed by atoms with Gasteiger partial charge in [-0.25, -0.2) is 0 Å². The van der Waals surface area contributed by atoms with Crippen molar-refractivity contribution in [2.45, 2.75) is 0 Å². The van der Waals surface area contributed by atoms with E-state index in [-0.39, 0.29) is 0 Å². The number of hydrogen-bond acceptors (Lipinski definition) is 3. The van der Waals surface area contributed by atoms with Crippen LogP contribution in [0.4, 0.5) is 0 Å². The first-order valence-electron chi connectivity index (χ1n) is 5.53. The van der Waals surface area contributed by atoms with Gasteiger partial charge in [0.15, 0.2) is 6.29 Å². The first-order valence-corrected chi connectivity index (χ1v) is 5.90. The highest BCUT2D eigenvalue weighted by atomic mass is 35.5. The van der Waals surface area contributed by atoms with Gasteiger partial charge in [0.1, 0.15) is 5.75 Å². The van der Waals surface area contributed by atoms with E-state index in [4.69, 9.17) is 21.6 Å². The highest BCUT2D eigenvalue weighted by molar-refractivity contribution is 6.31. The second-order valence-corrected chi connectivity index (χ2v) is 4.32. The first-order chi connectivity index (χ1) is 9.19. The van der Waals surface area contributed by atoms with Gasteiger partial charge >= 0.3 is 0 Å². The Kier molecular flexibility index (Phi) is 3.84. The maximum atomic E-state index is 11.0. The summed E-state index contributed by atoms with van der Waals surface area (Å²) in [6, 6.07) is 12.3. The minimum Gasteiger partial charge on any atom is -0.495 e. The van der Waals surface area contributed by atoms with E-state index in [1.807, 2.05) is 12.1 Å². The van der Waals surface area contributed by atoms with Crippen molar-refractivity contribution in [1.82, 2.24) is 0 Å². The van der Waals surface area contributed by atoms with E-state index >= 15 is 0 Å². The van der Waals surface area contributed by atoms with Crippen LogP contribution in [0, 0.1) is 11.3 Å². The molecule has 0 aliphatic heterocycles. The Labute approximate surface area is 116 Å². The Morgan fingerprint density at radius 2 is 2.11 bits per heavy atom. The predicted molar refractivity (Wildman–Crippen MR) is 73.5 cm³/mol. The second-order valence-electron chi connectivity index (χ2n) is 3.89. The zero-order valence-corrected chi connectivity index (χ0v) is 10.9. The van der Waals surface area contributed by atoms with Crippen LogP contribution in [0.3, 0.4) is 0 Å². The van der Waals surface area contributed by atoms with Crippen molar-refractivity contribution < 1.29 is 9.53 Å². The lowest BCUT2D eigenvalue weighted by Crippen LogP contribution is -1.94. The van der Waals surface area contributed by atoms with Crippen LogP contribution in [-0.2, 0) is 0 Å². The van der Waals surface area contributed by atoms with E-state index in [0.29, 0.717) is 21.9 Å². The number of aldehydes is 1. The zero-order valence-electron chi connectivity index (χ0n) is 10.2. The Morgan fingerprint density at radius 3 is 2.74 bits per heavy atom. The Bertz CT molecular complexity index is 674. The number of carbonyl (C=O) groups is 1. The van der Waals surface area contributed by atoms with Crippen LogP contribution in [0.1, 0.15) is 15.9 Å². The van der Waals surface area contributed by atoms with Gasteiger partial charge in [0.25, 0.3) is 0 Å². The lowest BCUT2D eigenvalue weighted by molar-refractivity contribution is 0.112. The molecule has 0 bridgehead atoms. The van der Waals surface area contributed by atoms with E-state index in [9.17, 15) is 4.79 Å². The number of nitrogens with zero attached hydrogens (tertiary/aromatic N) is 1. The molecular formula is C15H10ClNO2. The van der Waals surface area contributed by atoms with Gasteiger partial charge < -0.3 is 4.74 Å². The first kappa shape index (κ1) is 13.1. The maximum Gasteiger partial charge on any atom is 0.153 e. The number of carbonyl (C=O) groups excluding carboxylic acids is 1. The van der Waals surface area contributed by atoms with Gasteiger partial charge in [0, 0.05) is 10.6 Å². The van der Waals surface area contributed by atoms with Crippen molar-refractivity contribution in [1.29, 1.82) is 5.26 Å². The van der Waals surface area contributed by atoms with Crippen molar-refractivity contribution in [3.8, 4) is 22.9 Å². The van der Waals surface area contributed by atoms with E-state index in [1.165, 1.54) is 7.11 Å². The van der Waals surface area contributed by atoms with Crippen LogP contribution in [0.5, 0.6) is 5.75 Å². The smallest absolute Gasteiger partial charge is 0.153 e. The third kappa shape index (κ3) is 2.59. The molecule has 4 heteroatoms. The molecule has 0 atom stereocenters. The highest BCUT2D eigenvalue weighted by Gasteiger charge is 2.11. The molecule has 0 aromatic heterocycles. The summed E-state index contributed by atoms with van der Waals surface area (Å²) in [6.45, 7) is 0. The van der Waals surface area contributed by atoms with Crippen LogP contribution in [0.25, 0.3) is 11.1 Å². The topological polar surface area (TPSA) is 50.1 Å². The van der Waals surface area contributed by atoms with Crippen molar-refractivity contribution in [3.63, 3.8) is 0 Å². The summed E-state index contributed by atoms with van der Waals surface area (Å²) in [5.41, 5.74) is 2.38. The summed E-state index contributed by atoms with van der Waals surface area (Å²) in [7, 11) is 1.50. The number of ether oxygens (including phenoxy) is 1. The number of hydrogen-bond donors (Lipinski definition) is 0. The minimum atomic E-state index is 0.457. The molecule has 0 N–H and O–H groups in total. The Hall–Kier alpha value is -2.31. The molecule has 0 amide bonds. The third-order valence-electron chi connectivity index (χ3n) is 2.71. The monoisotopic (exact) mass is 271 g/mol. The number of rotatable bonds is 3. The van der Waals surface area contributed by atoms with Crippen LogP contribution < -0.4 is 4.74 Å². The molecule has 0 aliphatic carbocycles. The molecule has 2 aromatic carbocycles. The summed E-state index contributed by atoms with van der Waals surface area (Å²) in [6.07, 6.45) is 0.734. The molecule has 2 aromatic rings. The van der Waals surface area contributed by atoms with E-state index in [2.05, 4.69) is 0 Å². The highest BCUT2D eigenvalue weighted by Crippen LogP contribution is 2.34. The molecule has 19 heavy (non-hydrogen) atoms. The normalized spacial score (nSPS) is 9.74. The van der Waals surface area contributed by atoms with Gasteiger partial charge in [0.05, 0.1) is 24.3 Å². The summed E-state index contributed by atoms with van der Waals surface area (Å²) < 4.78 is 5.28. The number of para-hydroxylation sites is 1. The average molecular weight is 272 g/mol. The fraction of sp³-hybridized carbons (Fsp3) is 0.0667. The van der Waals surface area contributed by atoms with Crippen LogP contribution in [-0.4, -0.2) is 13.4 Å². The molecule has 0 saturated carbocycles. The van der Waals surface area contributed by atoms with Crippen LogP contribution in [0.2, 0.25) is 5.02 Å². The van der Waals surface area contributed by atoms with Crippen molar-refractivity contribution in [2.24, 2.45) is 0 Å². The van der Waals surface area contributed by atoms with Crippen molar-refractivity contribution >= 4 is 17.9 Å². The fourth-order valence-electron chi connectivity index (χ4n) is 1.91. The van der Waals surface area contributed by atoms with Gasteiger partial charge in [-0.15, -0.1) is 0 Å². The summed E-state index contributed by atoms with van der Waals surface area (Å²) >= 11 is 5.99. The average Bonchev–Trinajstić information content (AvgIpc) is 2.45. The van der Waals surface area contributed by atoms with Crippen LogP contribution in [0.15, 0.2) is 36.4 Å². The van der Waals surface area contributed by atoms with Crippen molar-refractivity contribution in [3.05, 3.63) is 52.5 Å². The van der Waals surface area contributed by atoms with Gasteiger partial charge in [-0.1, -0.05) is 23.7 Å². The molecule has 0 aliphatic rings. The summed E-state index contributed by atoms with van der Waals surface area (Å²) in [5, 5.41) is 9.43. The SMILES string of the molecule is COc1c(C=O)cccc1-c1cc(Cl)cc(C#N)c1. The molecule has 2 rings (SSSR count). The van der Waals surface area contributed by atoms with Crippen LogP contribution >= 0.6 is 11.6 Å². The molecule has 0 heterocycles. The zero-order chi connectivity index (χ0) is 13.8. The van der Waals surface area contributed by atoms with Gasteiger partial charge in [-0.3, -0.25) is 4.79 Å². The number of nitriles is 1. The van der Waals surface area contributed by atoms with Gasteiger partial charge in [-0.05, 0) is 29.8 Å². The molecule has 0 spiro atoms. The second kappa shape index (κ2) is 5.55. The van der Waals surface area contributed by atoms with Gasteiger partial charge in [0.2, 0.25) is 0 Å². The van der Waals surface area contributed by atoms with Crippen molar-refractivity contribution in [2.75, 3.05) is 7.11 Å². The third-order valence-corrected chi connectivity index (χ3v) is 2.93. The Morgan fingerprint density at radius 1 is 1.32 bits per heavy atom. The fourth-order valence-corrected chi connectivity index (χ4v) is 2.15. The minimum absolute atomic E-state index is 0.457. The molecule has 0 fully saturated rings. The number of halogens is 1.